The lowest BCUT2D eigenvalue weighted by Crippen LogP contribution is -2.38. The van der Waals surface area contributed by atoms with Crippen molar-refractivity contribution in [1.82, 2.24) is 0 Å². The molecule has 0 aliphatic heterocycles. The van der Waals surface area contributed by atoms with Gasteiger partial charge in [-0.05, 0) is 25.3 Å². The van der Waals surface area contributed by atoms with E-state index in [1.807, 2.05) is 25.1 Å². The summed E-state index contributed by atoms with van der Waals surface area (Å²) in [6, 6.07) is 8.11. The highest BCUT2D eigenvalue weighted by Crippen LogP contribution is 2.13. The Bertz CT molecular complexity index is 636. The maximum absolute atomic E-state index is 11.6. The molecule has 0 aliphatic carbocycles. The van der Waals surface area contributed by atoms with Crippen LogP contribution in [0.4, 0.5) is 5.69 Å². The zero-order valence-electron chi connectivity index (χ0n) is 11.5. The lowest BCUT2D eigenvalue weighted by atomic mass is 10.0. The first-order valence-corrected chi connectivity index (χ1v) is 6.75. The largest absolute Gasteiger partial charge is 0.377 e. The van der Waals surface area contributed by atoms with Crippen LogP contribution in [0.2, 0.25) is 0 Å². The van der Waals surface area contributed by atoms with Gasteiger partial charge in [-0.25, -0.2) is 0 Å². The number of rotatable bonds is 6. The zero-order valence-corrected chi connectivity index (χ0v) is 11.5. The normalized spacial score (nSPS) is 10.8. The van der Waals surface area contributed by atoms with Crippen LogP contribution >= 0.6 is 0 Å². The number of benzene rings is 1. The molecule has 0 fully saturated rings. The number of anilines is 1. The van der Waals surface area contributed by atoms with E-state index >= 15 is 0 Å². The fraction of sp³-hybridized carbons (Fsp3) is 0.375. The van der Waals surface area contributed by atoms with Crippen LogP contribution in [0.15, 0.2) is 33.9 Å². The first-order chi connectivity index (χ1) is 9.13. The highest BCUT2D eigenvalue weighted by Gasteiger charge is 2.19. The van der Waals surface area contributed by atoms with Gasteiger partial charge in [0.2, 0.25) is 10.9 Å². The van der Waals surface area contributed by atoms with E-state index in [-0.39, 0.29) is 10.9 Å². The molecule has 2 aromatic carbocycles. The molecule has 19 heavy (non-hydrogen) atoms. The average Bonchev–Trinajstić information content (AvgIpc) is 2.41. The fourth-order valence-corrected chi connectivity index (χ4v) is 2.23. The van der Waals surface area contributed by atoms with Crippen molar-refractivity contribution in [3.63, 3.8) is 0 Å². The smallest absolute Gasteiger partial charge is 0.249 e. The second-order valence-electron chi connectivity index (χ2n) is 4.96. The van der Waals surface area contributed by atoms with Gasteiger partial charge < -0.3 is 5.32 Å². The predicted octanol–water partition coefficient (Wildman–Crippen LogP) is 2.55. The summed E-state index contributed by atoms with van der Waals surface area (Å²) in [7, 11) is 0. The SMILES string of the molecule is CCCCc1c(NCc2cccc(C)c2)c(=O)c1=O. The number of hydrogen-bond acceptors (Lipinski definition) is 3. The standard InChI is InChI=1S/C16H19NO2/c1-3-4-8-13-14(16(19)15(13)18)17-10-12-7-5-6-11(2)9-12/h5-7,9,17H,3-4,8,10H2,1-2H3. The molecule has 0 bridgehead atoms. The molecule has 0 atom stereocenters. The van der Waals surface area contributed by atoms with Crippen LogP contribution in [0.5, 0.6) is 0 Å². The summed E-state index contributed by atoms with van der Waals surface area (Å²) in [6.07, 6.45) is 2.68. The number of hydrogen-bond donors (Lipinski definition) is 1. The summed E-state index contributed by atoms with van der Waals surface area (Å²) in [5.41, 5.74) is 2.85. The number of unbranched alkanes of at least 4 members (excludes halogenated alkanes) is 1. The van der Waals surface area contributed by atoms with Gasteiger partial charge in [-0.3, -0.25) is 9.59 Å². The van der Waals surface area contributed by atoms with Crippen molar-refractivity contribution < 1.29 is 0 Å². The van der Waals surface area contributed by atoms with Crippen molar-refractivity contribution in [1.29, 1.82) is 0 Å². The van der Waals surface area contributed by atoms with Gasteiger partial charge in [0, 0.05) is 12.1 Å². The maximum Gasteiger partial charge on any atom is 0.249 e. The van der Waals surface area contributed by atoms with Crippen molar-refractivity contribution in [2.45, 2.75) is 39.7 Å². The van der Waals surface area contributed by atoms with Gasteiger partial charge in [-0.15, -0.1) is 0 Å². The maximum atomic E-state index is 11.6. The lowest BCUT2D eigenvalue weighted by molar-refractivity contribution is 0.785. The van der Waals surface area contributed by atoms with E-state index in [0.29, 0.717) is 24.2 Å². The Morgan fingerprint density at radius 3 is 2.63 bits per heavy atom. The van der Waals surface area contributed by atoms with Crippen LogP contribution in [-0.2, 0) is 13.0 Å². The van der Waals surface area contributed by atoms with E-state index in [4.69, 9.17) is 0 Å². The minimum absolute atomic E-state index is 0.305. The summed E-state index contributed by atoms with van der Waals surface area (Å²) in [5.74, 6) is 0. The van der Waals surface area contributed by atoms with Gasteiger partial charge in [0.15, 0.2) is 0 Å². The molecule has 0 amide bonds. The van der Waals surface area contributed by atoms with Crippen LogP contribution in [0.3, 0.4) is 0 Å². The molecule has 0 aliphatic rings. The van der Waals surface area contributed by atoms with E-state index in [1.54, 1.807) is 0 Å². The second-order valence-corrected chi connectivity index (χ2v) is 4.96. The summed E-state index contributed by atoms with van der Waals surface area (Å²) in [6.45, 7) is 4.70. The van der Waals surface area contributed by atoms with Gasteiger partial charge in [0.05, 0.1) is 5.69 Å². The van der Waals surface area contributed by atoms with Crippen molar-refractivity contribution in [2.75, 3.05) is 5.32 Å². The van der Waals surface area contributed by atoms with E-state index in [2.05, 4.69) is 18.3 Å². The molecule has 0 heterocycles. The Hall–Kier alpha value is -1.90. The van der Waals surface area contributed by atoms with Crippen LogP contribution in [0.25, 0.3) is 0 Å². The summed E-state index contributed by atoms with van der Waals surface area (Å²) < 4.78 is 0. The quantitative estimate of drug-likeness (QED) is 0.809. The Balaban J connectivity index is 2.06. The molecule has 3 nitrogen and oxygen atoms in total. The molecule has 3 heteroatoms. The number of nitrogens with one attached hydrogen (secondary N) is 1. The van der Waals surface area contributed by atoms with Crippen molar-refractivity contribution in [3.05, 3.63) is 61.4 Å². The van der Waals surface area contributed by atoms with Crippen LogP contribution in [-0.4, -0.2) is 0 Å². The molecule has 0 saturated heterocycles. The predicted molar refractivity (Wildman–Crippen MR) is 78.5 cm³/mol. The molecule has 2 rings (SSSR count). The van der Waals surface area contributed by atoms with E-state index in [9.17, 15) is 9.59 Å². The van der Waals surface area contributed by atoms with E-state index < -0.39 is 0 Å². The minimum atomic E-state index is -0.362. The molecule has 0 spiro atoms. The molecular formula is C16H19NO2. The van der Waals surface area contributed by atoms with Crippen molar-refractivity contribution in [2.24, 2.45) is 0 Å². The lowest BCUT2D eigenvalue weighted by Gasteiger charge is -2.13. The third-order valence-electron chi connectivity index (χ3n) is 3.34. The fourth-order valence-electron chi connectivity index (χ4n) is 2.23. The number of aryl methyl sites for hydroxylation is 1. The third kappa shape index (κ3) is 2.92. The monoisotopic (exact) mass is 257 g/mol. The summed E-state index contributed by atoms with van der Waals surface area (Å²) in [5, 5.41) is 3.11. The minimum Gasteiger partial charge on any atom is -0.377 e. The van der Waals surface area contributed by atoms with E-state index in [1.165, 1.54) is 5.56 Å². The van der Waals surface area contributed by atoms with Crippen molar-refractivity contribution in [3.8, 4) is 0 Å². The first kappa shape index (κ1) is 13.5. The van der Waals surface area contributed by atoms with Gasteiger partial charge in [-0.2, -0.15) is 0 Å². The highest BCUT2D eigenvalue weighted by atomic mass is 16.2. The molecule has 100 valence electrons. The zero-order chi connectivity index (χ0) is 13.8. The Labute approximate surface area is 113 Å². The second kappa shape index (κ2) is 5.83. The Kier molecular flexibility index (Phi) is 4.15. The first-order valence-electron chi connectivity index (χ1n) is 6.75. The summed E-state index contributed by atoms with van der Waals surface area (Å²) in [4.78, 5) is 23.0. The van der Waals surface area contributed by atoms with E-state index in [0.717, 1.165) is 18.4 Å². The Morgan fingerprint density at radius 1 is 1.16 bits per heavy atom. The van der Waals surface area contributed by atoms with Gasteiger partial charge >= 0.3 is 0 Å². The van der Waals surface area contributed by atoms with Crippen LogP contribution in [0.1, 0.15) is 36.5 Å². The van der Waals surface area contributed by atoms with Gasteiger partial charge in [-0.1, -0.05) is 43.2 Å². The van der Waals surface area contributed by atoms with Crippen molar-refractivity contribution >= 4 is 5.69 Å². The average molecular weight is 257 g/mol. The topological polar surface area (TPSA) is 46.2 Å². The highest BCUT2D eigenvalue weighted by molar-refractivity contribution is 5.56. The van der Waals surface area contributed by atoms with Gasteiger partial charge in [0.1, 0.15) is 0 Å². The molecule has 0 radical (unpaired) electrons. The molecular weight excluding hydrogens is 238 g/mol. The van der Waals surface area contributed by atoms with Crippen LogP contribution < -0.4 is 16.2 Å². The third-order valence-corrected chi connectivity index (χ3v) is 3.34. The molecule has 1 N–H and O–H groups in total. The summed E-state index contributed by atoms with van der Waals surface area (Å²) >= 11 is 0. The van der Waals surface area contributed by atoms with Crippen LogP contribution in [0, 0.1) is 6.92 Å². The molecule has 2 aromatic rings. The molecule has 0 saturated carbocycles. The molecule has 0 aromatic heterocycles. The molecule has 0 unspecified atom stereocenters. The Morgan fingerprint density at radius 2 is 1.95 bits per heavy atom. The van der Waals surface area contributed by atoms with Gasteiger partial charge in [0.25, 0.3) is 0 Å².